The summed E-state index contributed by atoms with van der Waals surface area (Å²) in [7, 11) is 0. The summed E-state index contributed by atoms with van der Waals surface area (Å²) in [6, 6.07) is 3.80. The molecule has 0 spiro atoms. The Morgan fingerprint density at radius 1 is 1.35 bits per heavy atom. The zero-order chi connectivity index (χ0) is 22.6. The Morgan fingerprint density at radius 2 is 2.06 bits per heavy atom. The molecular weight excluding hydrogens is 400 g/mol. The number of carbonyl (C=O) groups is 1. The molecule has 5 nitrogen and oxygen atoms in total. The number of aliphatic hydroxyl groups excluding tert-OH is 1. The second-order valence-corrected chi connectivity index (χ2v) is 9.01. The van der Waals surface area contributed by atoms with Gasteiger partial charge in [0.1, 0.15) is 11.6 Å². The van der Waals surface area contributed by atoms with Crippen LogP contribution in [0, 0.1) is 34.8 Å². The van der Waals surface area contributed by atoms with Gasteiger partial charge in [0.05, 0.1) is 17.8 Å². The number of hydrogen-bond donors (Lipinski definition) is 1. The van der Waals surface area contributed by atoms with Gasteiger partial charge < -0.3 is 10.0 Å². The van der Waals surface area contributed by atoms with Crippen molar-refractivity contribution in [3.8, 4) is 0 Å². The summed E-state index contributed by atoms with van der Waals surface area (Å²) >= 11 is 0. The van der Waals surface area contributed by atoms with Crippen LogP contribution in [0.5, 0.6) is 0 Å². The van der Waals surface area contributed by atoms with Crippen LogP contribution in [0.4, 0.5) is 8.78 Å². The van der Waals surface area contributed by atoms with E-state index in [4.69, 9.17) is 0 Å². The molecule has 1 aromatic rings. The number of nitrogens with zero attached hydrogens (tertiary/aromatic N) is 3. The summed E-state index contributed by atoms with van der Waals surface area (Å²) in [6.45, 7) is 7.97. The molecule has 1 heterocycles. The number of azo groups is 1. The van der Waals surface area contributed by atoms with Crippen LogP contribution < -0.4 is 0 Å². The normalized spacial score (nSPS) is 28.5. The van der Waals surface area contributed by atoms with Gasteiger partial charge in [-0.1, -0.05) is 19.9 Å². The maximum atomic E-state index is 14.4. The lowest BCUT2D eigenvalue weighted by Gasteiger charge is -2.16. The first-order valence-electron chi connectivity index (χ1n) is 11.2. The van der Waals surface area contributed by atoms with Crippen molar-refractivity contribution < 1.29 is 18.7 Å². The van der Waals surface area contributed by atoms with Crippen LogP contribution >= 0.6 is 0 Å². The SMILES string of the molecule is CC/N=N\C(=C/C1(C)C(CCCC(=O)N2CCC(CO)C2)[C@@H]1C)c1c(F)cccc1F. The van der Waals surface area contributed by atoms with Gasteiger partial charge in [-0.15, -0.1) is 0 Å². The van der Waals surface area contributed by atoms with Crippen LogP contribution in [-0.2, 0) is 4.79 Å². The second kappa shape index (κ2) is 9.98. The van der Waals surface area contributed by atoms with E-state index >= 15 is 0 Å². The molecule has 1 aromatic carbocycles. The van der Waals surface area contributed by atoms with Gasteiger partial charge in [-0.05, 0) is 61.6 Å². The summed E-state index contributed by atoms with van der Waals surface area (Å²) in [5.41, 5.74) is -0.144. The molecule has 31 heavy (non-hydrogen) atoms. The molecule has 1 amide bonds. The van der Waals surface area contributed by atoms with Crippen molar-refractivity contribution in [3.05, 3.63) is 41.5 Å². The van der Waals surface area contributed by atoms with Gasteiger partial charge in [0.25, 0.3) is 0 Å². The van der Waals surface area contributed by atoms with E-state index in [9.17, 15) is 18.7 Å². The van der Waals surface area contributed by atoms with E-state index in [0.717, 1.165) is 25.8 Å². The molecule has 1 N–H and O–H groups in total. The largest absolute Gasteiger partial charge is 0.396 e. The van der Waals surface area contributed by atoms with E-state index in [1.54, 1.807) is 0 Å². The maximum absolute atomic E-state index is 14.4. The van der Waals surface area contributed by atoms with E-state index in [1.807, 2.05) is 17.9 Å². The highest BCUT2D eigenvalue weighted by atomic mass is 19.1. The quantitative estimate of drug-likeness (QED) is 0.553. The minimum Gasteiger partial charge on any atom is -0.396 e. The average molecular weight is 434 g/mol. The summed E-state index contributed by atoms with van der Waals surface area (Å²) in [4.78, 5) is 14.3. The molecule has 2 aliphatic rings. The smallest absolute Gasteiger partial charge is 0.222 e. The molecule has 0 bridgehead atoms. The van der Waals surface area contributed by atoms with Gasteiger partial charge in [-0.25, -0.2) is 8.78 Å². The van der Waals surface area contributed by atoms with Crippen molar-refractivity contribution in [1.29, 1.82) is 0 Å². The van der Waals surface area contributed by atoms with Gasteiger partial charge in [-0.3, -0.25) is 4.79 Å². The highest BCUT2D eigenvalue weighted by molar-refractivity contribution is 5.76. The van der Waals surface area contributed by atoms with Crippen LogP contribution in [-0.4, -0.2) is 42.2 Å². The fourth-order valence-corrected chi connectivity index (χ4v) is 4.84. The Kier molecular flexibility index (Phi) is 7.57. The van der Waals surface area contributed by atoms with Crippen molar-refractivity contribution in [2.45, 2.75) is 46.5 Å². The molecule has 2 fully saturated rings. The Balaban J connectivity index is 1.65. The molecule has 1 saturated heterocycles. The van der Waals surface area contributed by atoms with E-state index in [-0.39, 0.29) is 35.1 Å². The fraction of sp³-hybridized carbons (Fsp3) is 0.625. The second-order valence-electron chi connectivity index (χ2n) is 9.01. The van der Waals surface area contributed by atoms with Crippen molar-refractivity contribution in [2.75, 3.05) is 26.2 Å². The Bertz CT molecular complexity index is 837. The summed E-state index contributed by atoms with van der Waals surface area (Å²) in [5, 5.41) is 17.4. The van der Waals surface area contributed by atoms with Crippen molar-refractivity contribution >= 4 is 11.6 Å². The number of halogens is 2. The molecule has 7 heteroatoms. The zero-order valence-electron chi connectivity index (χ0n) is 18.7. The number of carbonyl (C=O) groups excluding carboxylic acids is 1. The molecule has 1 saturated carbocycles. The molecule has 1 aliphatic carbocycles. The van der Waals surface area contributed by atoms with Crippen LogP contribution in [0.25, 0.3) is 5.70 Å². The summed E-state index contributed by atoms with van der Waals surface area (Å²) < 4.78 is 28.7. The van der Waals surface area contributed by atoms with Gasteiger partial charge >= 0.3 is 0 Å². The van der Waals surface area contributed by atoms with Gasteiger partial charge in [-0.2, -0.15) is 10.2 Å². The Morgan fingerprint density at radius 3 is 2.68 bits per heavy atom. The number of rotatable bonds is 9. The van der Waals surface area contributed by atoms with Crippen molar-refractivity contribution in [1.82, 2.24) is 4.90 Å². The molecular formula is C24H33F2N3O2. The molecule has 1 aliphatic heterocycles. The first kappa shape index (κ1) is 23.5. The first-order valence-corrected chi connectivity index (χ1v) is 11.2. The third-order valence-electron chi connectivity index (χ3n) is 7.06. The number of amides is 1. The highest BCUT2D eigenvalue weighted by Crippen LogP contribution is 2.62. The molecule has 3 unspecified atom stereocenters. The number of aliphatic hydroxyl groups is 1. The van der Waals surface area contributed by atoms with Gasteiger partial charge in [0.15, 0.2) is 0 Å². The van der Waals surface area contributed by atoms with E-state index in [0.29, 0.717) is 31.3 Å². The topological polar surface area (TPSA) is 65.3 Å². The van der Waals surface area contributed by atoms with Gasteiger partial charge in [0, 0.05) is 32.0 Å². The van der Waals surface area contributed by atoms with Crippen LogP contribution in [0.15, 0.2) is 34.5 Å². The molecule has 0 radical (unpaired) electrons. The lowest BCUT2D eigenvalue weighted by molar-refractivity contribution is -0.130. The van der Waals surface area contributed by atoms with E-state index in [1.165, 1.54) is 18.2 Å². The third kappa shape index (κ3) is 5.20. The molecule has 4 atom stereocenters. The standard InChI is InChI=1S/C24H33F2N3O2/c1-4-27-28-21(23-19(25)8-6-9-20(23)26)13-24(3)16(2)18(24)7-5-10-22(31)29-12-11-17(14-29)15-30/h6,8-9,13,16-18,30H,4-5,7,10-12,14-15H2,1-3H3/b21-13-,28-27-/t16-,17?,18?,24?/m0/s1. The minimum absolute atomic E-state index is 0.133. The Hall–Kier alpha value is -2.15. The van der Waals surface area contributed by atoms with E-state index < -0.39 is 11.6 Å². The minimum atomic E-state index is -0.646. The lowest BCUT2D eigenvalue weighted by Crippen LogP contribution is -2.28. The van der Waals surface area contributed by atoms with E-state index in [2.05, 4.69) is 24.1 Å². The monoisotopic (exact) mass is 433 g/mol. The molecule has 0 aromatic heterocycles. The van der Waals surface area contributed by atoms with Crippen LogP contribution in [0.1, 0.15) is 52.0 Å². The average Bonchev–Trinajstić information content (AvgIpc) is 3.10. The first-order chi connectivity index (χ1) is 14.8. The summed E-state index contributed by atoms with van der Waals surface area (Å²) in [6.07, 6.45) is 4.86. The third-order valence-corrected chi connectivity index (χ3v) is 7.06. The number of allylic oxidation sites excluding steroid dienone is 1. The molecule has 3 rings (SSSR count). The van der Waals surface area contributed by atoms with Crippen LogP contribution in [0.3, 0.4) is 0 Å². The van der Waals surface area contributed by atoms with Gasteiger partial charge in [0.2, 0.25) is 5.91 Å². The summed E-state index contributed by atoms with van der Waals surface area (Å²) in [5.74, 6) is -0.289. The van der Waals surface area contributed by atoms with Crippen molar-refractivity contribution in [3.63, 3.8) is 0 Å². The predicted octanol–water partition coefficient (Wildman–Crippen LogP) is 5.06. The predicted molar refractivity (Wildman–Crippen MR) is 116 cm³/mol. The van der Waals surface area contributed by atoms with Crippen LogP contribution in [0.2, 0.25) is 0 Å². The zero-order valence-corrected chi connectivity index (χ0v) is 18.7. The molecule has 170 valence electrons. The van der Waals surface area contributed by atoms with Crippen molar-refractivity contribution in [2.24, 2.45) is 33.4 Å². The highest BCUT2D eigenvalue weighted by Gasteiger charge is 2.56. The fourth-order valence-electron chi connectivity index (χ4n) is 4.84. The lowest BCUT2D eigenvalue weighted by atomic mass is 9.98. The maximum Gasteiger partial charge on any atom is 0.222 e. The number of hydrogen-bond acceptors (Lipinski definition) is 4. The Labute approximate surface area is 183 Å². The number of likely N-dealkylation sites (tertiary alicyclic amines) is 1. The number of benzene rings is 1.